The average Bonchev–Trinajstić information content (AvgIpc) is 3.11. The molecule has 7 heteroatoms. The van der Waals surface area contributed by atoms with E-state index in [-0.39, 0.29) is 12.3 Å². The number of carboxylic acids is 1. The monoisotopic (exact) mass is 317 g/mol. The fourth-order valence-electron chi connectivity index (χ4n) is 2.84. The number of rotatable bonds is 5. The highest BCUT2D eigenvalue weighted by Crippen LogP contribution is 2.62. The summed E-state index contributed by atoms with van der Waals surface area (Å²) in [6.45, 7) is 1.30. The third kappa shape index (κ3) is 2.12. The Morgan fingerprint density at radius 3 is 2.35 bits per heavy atom. The van der Waals surface area contributed by atoms with Gasteiger partial charge in [0.25, 0.3) is 0 Å². The number of hydrogen-bond acceptors (Lipinski definition) is 4. The lowest BCUT2D eigenvalue weighted by molar-refractivity contribution is -0.143. The molecule has 110 valence electrons. The van der Waals surface area contributed by atoms with Crippen LogP contribution >= 0.6 is 11.6 Å². The maximum absolute atomic E-state index is 12.1. The largest absolute Gasteiger partial charge is 0.481 e. The number of halogens is 1. The lowest BCUT2D eigenvalue weighted by Gasteiger charge is -2.09. The maximum Gasteiger partial charge on any atom is 0.312 e. The first-order valence-corrected chi connectivity index (χ1v) is 8.31. The first kappa shape index (κ1) is 15.3. The summed E-state index contributed by atoms with van der Waals surface area (Å²) >= 11 is 5.80. The maximum atomic E-state index is 12.1. The summed E-state index contributed by atoms with van der Waals surface area (Å²) in [5.41, 5.74) is 4.81. The third-order valence-corrected chi connectivity index (χ3v) is 6.53. The van der Waals surface area contributed by atoms with Gasteiger partial charge in [-0.1, -0.05) is 30.7 Å². The Kier molecular flexibility index (Phi) is 3.83. The molecule has 0 heterocycles. The predicted molar refractivity (Wildman–Crippen MR) is 76.6 cm³/mol. The molecule has 20 heavy (non-hydrogen) atoms. The molecule has 1 aliphatic carbocycles. The van der Waals surface area contributed by atoms with E-state index in [1.807, 2.05) is 0 Å². The smallest absolute Gasteiger partial charge is 0.312 e. The van der Waals surface area contributed by atoms with Crippen molar-refractivity contribution >= 4 is 27.4 Å². The van der Waals surface area contributed by atoms with E-state index in [2.05, 4.69) is 0 Å². The van der Waals surface area contributed by atoms with Gasteiger partial charge in [-0.25, -0.2) is 8.42 Å². The molecule has 2 rings (SSSR count). The van der Waals surface area contributed by atoms with Crippen LogP contribution in [0.2, 0.25) is 5.02 Å². The summed E-state index contributed by atoms with van der Waals surface area (Å²) in [6, 6.07) is 6.55. The number of nitrogens with two attached hydrogens (primary N) is 1. The molecule has 1 aromatic carbocycles. The fourth-order valence-corrected chi connectivity index (χ4v) is 5.05. The van der Waals surface area contributed by atoms with Crippen molar-refractivity contribution in [3.8, 4) is 0 Å². The van der Waals surface area contributed by atoms with Crippen molar-refractivity contribution in [3.63, 3.8) is 0 Å². The van der Waals surface area contributed by atoms with Gasteiger partial charge in [-0.15, -0.1) is 0 Å². The number of aliphatic carboxylic acids is 1. The van der Waals surface area contributed by atoms with Crippen LogP contribution < -0.4 is 5.73 Å². The molecule has 3 N–H and O–H groups in total. The molecular formula is C13H16ClNO4S. The van der Waals surface area contributed by atoms with Gasteiger partial charge in [0.1, 0.15) is 5.41 Å². The summed E-state index contributed by atoms with van der Waals surface area (Å²) in [7, 11) is -3.49. The second kappa shape index (κ2) is 5.02. The summed E-state index contributed by atoms with van der Waals surface area (Å²) in [6.07, 6.45) is 0. The van der Waals surface area contributed by atoms with Crippen molar-refractivity contribution in [2.24, 2.45) is 11.1 Å². The molecule has 0 spiro atoms. The molecule has 3 atom stereocenters. The zero-order valence-electron chi connectivity index (χ0n) is 10.9. The second-order valence-corrected chi connectivity index (χ2v) is 7.80. The molecule has 5 nitrogen and oxygen atoms in total. The predicted octanol–water partition coefficient (Wildman–Crippen LogP) is 1.27. The van der Waals surface area contributed by atoms with Gasteiger partial charge >= 0.3 is 5.97 Å². The number of benzene rings is 1. The average molecular weight is 318 g/mol. The van der Waals surface area contributed by atoms with Gasteiger partial charge in [-0.3, -0.25) is 4.79 Å². The summed E-state index contributed by atoms with van der Waals surface area (Å²) in [5.74, 6) is -1.88. The van der Waals surface area contributed by atoms with Gasteiger partial charge in [-0.05, 0) is 17.7 Å². The van der Waals surface area contributed by atoms with Crippen LogP contribution in [-0.2, 0) is 14.6 Å². The molecule has 0 amide bonds. The van der Waals surface area contributed by atoms with Crippen LogP contribution in [0.4, 0.5) is 0 Å². The fraction of sp³-hybridized carbons (Fsp3) is 0.462. The molecule has 1 aliphatic rings. The molecule has 1 fully saturated rings. The van der Waals surface area contributed by atoms with Crippen LogP contribution in [-0.4, -0.2) is 37.0 Å². The van der Waals surface area contributed by atoms with E-state index in [9.17, 15) is 18.3 Å². The van der Waals surface area contributed by atoms with Crippen LogP contribution in [0.3, 0.4) is 0 Å². The first-order valence-electron chi connectivity index (χ1n) is 6.21. The van der Waals surface area contributed by atoms with Gasteiger partial charge in [-0.2, -0.15) is 0 Å². The summed E-state index contributed by atoms with van der Waals surface area (Å²) < 4.78 is 24.3. The standard InChI is InChI=1S/C13H16ClNO4S/c1-2-20(18,19)11-10(13(11,7-15)12(16)17)8-3-5-9(14)6-4-8/h3-6,10-11H,2,7,15H2,1H3,(H,16,17). The van der Waals surface area contributed by atoms with Gasteiger partial charge in [0.2, 0.25) is 0 Å². The summed E-state index contributed by atoms with van der Waals surface area (Å²) in [4.78, 5) is 11.6. The van der Waals surface area contributed by atoms with Crippen LogP contribution in [0.5, 0.6) is 0 Å². The van der Waals surface area contributed by atoms with Crippen LogP contribution in [0.25, 0.3) is 0 Å². The van der Waals surface area contributed by atoms with Crippen molar-refractivity contribution in [2.45, 2.75) is 18.1 Å². The number of hydrogen-bond donors (Lipinski definition) is 2. The molecule has 0 radical (unpaired) electrons. The van der Waals surface area contributed by atoms with Crippen molar-refractivity contribution in [1.82, 2.24) is 0 Å². The number of sulfone groups is 1. The molecule has 1 saturated carbocycles. The highest BCUT2D eigenvalue weighted by Gasteiger charge is 2.74. The molecule has 0 aromatic heterocycles. The highest BCUT2D eigenvalue weighted by molar-refractivity contribution is 7.92. The Balaban J connectivity index is 2.50. The van der Waals surface area contributed by atoms with E-state index in [4.69, 9.17) is 17.3 Å². The Labute approximate surface area is 122 Å². The Bertz CT molecular complexity index is 628. The molecule has 0 saturated heterocycles. The Morgan fingerprint density at radius 1 is 1.40 bits per heavy atom. The third-order valence-electron chi connectivity index (χ3n) is 4.01. The molecule has 0 bridgehead atoms. The topological polar surface area (TPSA) is 97.5 Å². The van der Waals surface area contributed by atoms with E-state index in [1.165, 1.54) is 6.92 Å². The number of carbonyl (C=O) groups is 1. The quantitative estimate of drug-likeness (QED) is 0.852. The van der Waals surface area contributed by atoms with Crippen LogP contribution in [0.1, 0.15) is 18.4 Å². The van der Waals surface area contributed by atoms with E-state index < -0.39 is 32.4 Å². The molecule has 0 aliphatic heterocycles. The second-order valence-electron chi connectivity index (χ2n) is 4.95. The van der Waals surface area contributed by atoms with Crippen LogP contribution in [0, 0.1) is 5.41 Å². The zero-order chi connectivity index (χ0) is 15.1. The molecule has 1 aromatic rings. The minimum Gasteiger partial charge on any atom is -0.481 e. The Hall–Kier alpha value is -1.11. The van der Waals surface area contributed by atoms with E-state index >= 15 is 0 Å². The zero-order valence-corrected chi connectivity index (χ0v) is 12.5. The van der Waals surface area contributed by atoms with Crippen molar-refractivity contribution in [1.29, 1.82) is 0 Å². The van der Waals surface area contributed by atoms with Crippen molar-refractivity contribution in [3.05, 3.63) is 34.9 Å². The van der Waals surface area contributed by atoms with Gasteiger partial charge in [0.05, 0.1) is 5.25 Å². The molecular weight excluding hydrogens is 302 g/mol. The van der Waals surface area contributed by atoms with Crippen molar-refractivity contribution in [2.75, 3.05) is 12.3 Å². The number of carboxylic acid groups (broad SMARTS) is 1. The lowest BCUT2D eigenvalue weighted by atomic mass is 9.99. The van der Waals surface area contributed by atoms with Crippen molar-refractivity contribution < 1.29 is 18.3 Å². The van der Waals surface area contributed by atoms with Gasteiger partial charge in [0, 0.05) is 23.2 Å². The SMILES string of the molecule is CCS(=O)(=O)C1C(c2ccc(Cl)cc2)C1(CN)C(=O)O. The lowest BCUT2D eigenvalue weighted by Crippen LogP contribution is -2.32. The minimum atomic E-state index is -3.49. The Morgan fingerprint density at radius 2 is 1.95 bits per heavy atom. The summed E-state index contributed by atoms with van der Waals surface area (Å²) in [5, 5.41) is 8.99. The van der Waals surface area contributed by atoms with Gasteiger partial charge < -0.3 is 10.8 Å². The van der Waals surface area contributed by atoms with E-state index in [1.54, 1.807) is 24.3 Å². The van der Waals surface area contributed by atoms with Crippen LogP contribution in [0.15, 0.2) is 24.3 Å². The van der Waals surface area contributed by atoms with E-state index in [0.29, 0.717) is 10.6 Å². The first-order chi connectivity index (χ1) is 9.31. The molecule has 3 unspecified atom stereocenters. The van der Waals surface area contributed by atoms with Gasteiger partial charge in [0.15, 0.2) is 9.84 Å². The minimum absolute atomic E-state index is 0.100. The normalized spacial score (nSPS) is 29.1. The van der Waals surface area contributed by atoms with E-state index in [0.717, 1.165) is 0 Å². The highest BCUT2D eigenvalue weighted by atomic mass is 35.5.